The molecule has 0 spiro atoms. The number of thiazole rings is 1. The number of likely N-dealkylation sites (tertiary alicyclic amines) is 1. The normalized spacial score (nSPS) is 16.4. The maximum atomic E-state index is 12.7. The Morgan fingerprint density at radius 3 is 2.87 bits per heavy atom. The summed E-state index contributed by atoms with van der Waals surface area (Å²) in [5, 5.41) is 3.47. The molecule has 3 rings (SSSR count). The first-order valence-corrected chi connectivity index (χ1v) is 10.9. The quantitative estimate of drug-likeness (QED) is 0.737. The second kappa shape index (κ2) is 9.18. The van der Waals surface area contributed by atoms with E-state index in [0.29, 0.717) is 42.6 Å². The summed E-state index contributed by atoms with van der Waals surface area (Å²) in [7, 11) is 0. The van der Waals surface area contributed by atoms with E-state index >= 15 is 0 Å². The minimum absolute atomic E-state index is 0.152. The van der Waals surface area contributed by atoms with Crippen molar-refractivity contribution >= 4 is 34.9 Å². The lowest BCUT2D eigenvalue weighted by atomic mass is 10.2. The summed E-state index contributed by atoms with van der Waals surface area (Å²) < 4.78 is 11.2. The third-order valence-corrected chi connectivity index (χ3v) is 5.55. The van der Waals surface area contributed by atoms with Crippen LogP contribution in [0.3, 0.4) is 0 Å². The molecular formula is C20H25ClN4O4S. The Morgan fingerprint density at radius 1 is 1.40 bits per heavy atom. The van der Waals surface area contributed by atoms with Crippen molar-refractivity contribution in [1.29, 1.82) is 0 Å². The smallest absolute Gasteiger partial charge is 0.410 e. The van der Waals surface area contributed by atoms with Gasteiger partial charge in [0.2, 0.25) is 5.88 Å². The van der Waals surface area contributed by atoms with Gasteiger partial charge in [-0.15, -0.1) is 11.3 Å². The van der Waals surface area contributed by atoms with Gasteiger partial charge in [0.15, 0.2) is 5.69 Å². The van der Waals surface area contributed by atoms with Crippen molar-refractivity contribution in [3.63, 3.8) is 0 Å². The van der Waals surface area contributed by atoms with Gasteiger partial charge >= 0.3 is 6.09 Å². The Labute approximate surface area is 184 Å². The summed E-state index contributed by atoms with van der Waals surface area (Å²) in [5.74, 6) is 0.0709. The van der Waals surface area contributed by atoms with Crippen LogP contribution in [0.15, 0.2) is 18.3 Å². The zero-order valence-electron chi connectivity index (χ0n) is 17.4. The number of nitrogens with one attached hydrogen (secondary N) is 1. The lowest BCUT2D eigenvalue weighted by molar-refractivity contribution is 0.0290. The lowest BCUT2D eigenvalue weighted by Crippen LogP contribution is -2.40. The molecule has 1 N–H and O–H groups in total. The van der Waals surface area contributed by atoms with Crippen molar-refractivity contribution in [3.05, 3.63) is 28.4 Å². The minimum Gasteiger partial charge on any atom is -0.477 e. The number of nitrogens with zero attached hydrogens (tertiary/aromatic N) is 3. The number of hydrogen-bond donors (Lipinski definition) is 1. The molecular weight excluding hydrogens is 428 g/mol. The number of carbonyl (C=O) groups is 2. The third-order valence-electron chi connectivity index (χ3n) is 4.26. The van der Waals surface area contributed by atoms with E-state index < -0.39 is 5.60 Å². The second-order valence-corrected chi connectivity index (χ2v) is 9.42. The zero-order valence-corrected chi connectivity index (χ0v) is 19.0. The fraction of sp³-hybridized carbons (Fsp3) is 0.500. The molecule has 0 saturated carbocycles. The highest BCUT2D eigenvalue weighted by molar-refractivity contribution is 7.19. The molecule has 0 aliphatic carbocycles. The number of amides is 2. The first-order chi connectivity index (χ1) is 14.2. The highest BCUT2D eigenvalue weighted by atomic mass is 35.5. The molecule has 10 heteroatoms. The summed E-state index contributed by atoms with van der Waals surface area (Å²) in [6.07, 6.45) is 1.89. The molecule has 1 fully saturated rings. The Kier molecular flexibility index (Phi) is 6.82. The summed E-state index contributed by atoms with van der Waals surface area (Å²) in [5.41, 5.74) is 0.274. The van der Waals surface area contributed by atoms with E-state index in [2.05, 4.69) is 15.3 Å². The van der Waals surface area contributed by atoms with Gasteiger partial charge in [-0.05, 0) is 46.2 Å². The van der Waals surface area contributed by atoms with Crippen molar-refractivity contribution in [2.75, 3.05) is 19.7 Å². The standard InChI is InChI=1S/C20H25ClN4O4S/c1-5-28-17-13(7-6-9-22-17)18-24-14(15(21)30-18)16(26)23-12-8-10-25(11-12)19(27)29-20(2,3)4/h6-7,9,12H,5,8,10-11H2,1-4H3,(H,23,26)/t12-/m1/s1. The molecule has 3 heterocycles. The lowest BCUT2D eigenvalue weighted by Gasteiger charge is -2.24. The number of pyridine rings is 1. The van der Waals surface area contributed by atoms with Crippen LogP contribution < -0.4 is 10.1 Å². The van der Waals surface area contributed by atoms with Crippen molar-refractivity contribution < 1.29 is 19.1 Å². The van der Waals surface area contributed by atoms with Crippen LogP contribution in [0, 0.1) is 0 Å². The molecule has 0 aromatic carbocycles. The van der Waals surface area contributed by atoms with Crippen LogP contribution in [0.25, 0.3) is 10.6 Å². The van der Waals surface area contributed by atoms with Crippen LogP contribution in [0.1, 0.15) is 44.6 Å². The summed E-state index contributed by atoms with van der Waals surface area (Å²) in [6.45, 7) is 8.69. The molecule has 1 saturated heterocycles. The maximum Gasteiger partial charge on any atom is 0.410 e. The predicted molar refractivity (Wildman–Crippen MR) is 115 cm³/mol. The molecule has 0 bridgehead atoms. The highest BCUT2D eigenvalue weighted by Gasteiger charge is 2.31. The van der Waals surface area contributed by atoms with Gasteiger partial charge in [-0.2, -0.15) is 0 Å². The van der Waals surface area contributed by atoms with E-state index in [1.54, 1.807) is 17.2 Å². The Hall–Kier alpha value is -2.39. The average molecular weight is 453 g/mol. The number of ether oxygens (including phenoxy) is 2. The first kappa shape index (κ1) is 22.3. The van der Waals surface area contributed by atoms with Gasteiger partial charge < -0.3 is 19.7 Å². The molecule has 8 nitrogen and oxygen atoms in total. The molecule has 1 aliphatic rings. The largest absolute Gasteiger partial charge is 0.477 e. The summed E-state index contributed by atoms with van der Waals surface area (Å²) in [4.78, 5) is 35.2. The number of halogens is 1. The third kappa shape index (κ3) is 5.40. The van der Waals surface area contributed by atoms with Gasteiger partial charge in [0.1, 0.15) is 14.9 Å². The fourth-order valence-corrected chi connectivity index (χ4v) is 4.14. The minimum atomic E-state index is -0.560. The number of hydrogen-bond acceptors (Lipinski definition) is 7. The van der Waals surface area contributed by atoms with Gasteiger partial charge in [0, 0.05) is 25.3 Å². The van der Waals surface area contributed by atoms with Crippen LogP contribution in [-0.2, 0) is 4.74 Å². The number of rotatable bonds is 5. The molecule has 0 unspecified atom stereocenters. The number of aromatic nitrogens is 2. The van der Waals surface area contributed by atoms with Crippen molar-refractivity contribution in [2.24, 2.45) is 0 Å². The molecule has 30 heavy (non-hydrogen) atoms. The zero-order chi connectivity index (χ0) is 21.9. The molecule has 2 aromatic heterocycles. The molecule has 2 aromatic rings. The number of carbonyl (C=O) groups excluding carboxylic acids is 2. The van der Waals surface area contributed by atoms with Crippen molar-refractivity contribution in [2.45, 2.75) is 45.8 Å². The van der Waals surface area contributed by atoms with Crippen LogP contribution >= 0.6 is 22.9 Å². The van der Waals surface area contributed by atoms with Gasteiger partial charge in [0.05, 0.1) is 12.2 Å². The maximum absolute atomic E-state index is 12.7. The molecule has 1 aliphatic heterocycles. The predicted octanol–water partition coefficient (Wildman–Crippen LogP) is 4.00. The van der Waals surface area contributed by atoms with Crippen molar-refractivity contribution in [1.82, 2.24) is 20.2 Å². The molecule has 0 radical (unpaired) electrons. The van der Waals surface area contributed by atoms with Gasteiger partial charge in [-0.1, -0.05) is 11.6 Å². The Balaban J connectivity index is 1.67. The second-order valence-electron chi connectivity index (χ2n) is 7.82. The van der Waals surface area contributed by atoms with E-state index in [9.17, 15) is 9.59 Å². The Morgan fingerprint density at radius 2 is 2.17 bits per heavy atom. The Bertz CT molecular complexity index is 928. The molecule has 1 atom stereocenters. The summed E-state index contributed by atoms with van der Waals surface area (Å²) >= 11 is 7.50. The van der Waals surface area contributed by atoms with E-state index in [0.717, 1.165) is 0 Å². The topological polar surface area (TPSA) is 93.6 Å². The monoisotopic (exact) mass is 452 g/mol. The first-order valence-electron chi connectivity index (χ1n) is 9.71. The van der Waals surface area contributed by atoms with Crippen molar-refractivity contribution in [3.8, 4) is 16.5 Å². The van der Waals surface area contributed by atoms with Crippen LogP contribution in [0.5, 0.6) is 5.88 Å². The van der Waals surface area contributed by atoms with Crippen LogP contribution in [-0.4, -0.2) is 58.2 Å². The van der Waals surface area contributed by atoms with E-state index in [1.165, 1.54) is 11.3 Å². The summed E-state index contributed by atoms with van der Waals surface area (Å²) in [6, 6.07) is 3.41. The highest BCUT2D eigenvalue weighted by Crippen LogP contribution is 2.35. The van der Waals surface area contributed by atoms with E-state index in [4.69, 9.17) is 21.1 Å². The molecule has 162 valence electrons. The van der Waals surface area contributed by atoms with Gasteiger partial charge in [-0.3, -0.25) is 4.79 Å². The SMILES string of the molecule is CCOc1ncccc1-c1nc(C(=O)N[C@@H]2CCN(C(=O)OC(C)(C)C)C2)c(Cl)s1. The van der Waals surface area contributed by atoms with Crippen LogP contribution in [0.2, 0.25) is 4.34 Å². The fourth-order valence-electron chi connectivity index (χ4n) is 2.99. The van der Waals surface area contributed by atoms with Crippen LogP contribution in [0.4, 0.5) is 4.79 Å². The van der Waals surface area contributed by atoms with E-state index in [-0.39, 0.29) is 28.1 Å². The van der Waals surface area contributed by atoms with E-state index in [1.807, 2.05) is 33.8 Å². The average Bonchev–Trinajstić information content (AvgIpc) is 3.28. The van der Waals surface area contributed by atoms with Gasteiger partial charge in [0.25, 0.3) is 5.91 Å². The molecule has 2 amide bonds. The van der Waals surface area contributed by atoms with Gasteiger partial charge in [-0.25, -0.2) is 14.8 Å².